The molecule has 84 valence electrons. The lowest BCUT2D eigenvalue weighted by molar-refractivity contribution is 0.429. The predicted molar refractivity (Wildman–Crippen MR) is 59.7 cm³/mol. The highest BCUT2D eigenvalue weighted by Gasteiger charge is 2.20. The maximum absolute atomic E-state index is 5.60. The second-order valence-corrected chi connectivity index (χ2v) is 4.55. The summed E-state index contributed by atoms with van der Waals surface area (Å²) >= 11 is 0. The van der Waals surface area contributed by atoms with Gasteiger partial charge in [-0.2, -0.15) is 5.10 Å². The third-order valence-corrected chi connectivity index (χ3v) is 3.31. The average Bonchev–Trinajstić information content (AvgIpc) is 2.78. The largest absolute Gasteiger partial charge is 0.330 e. The molecule has 0 aliphatic heterocycles. The van der Waals surface area contributed by atoms with Crippen molar-refractivity contribution < 1.29 is 0 Å². The van der Waals surface area contributed by atoms with Gasteiger partial charge in [-0.1, -0.05) is 26.2 Å². The van der Waals surface area contributed by atoms with E-state index in [1.165, 1.54) is 32.1 Å². The summed E-state index contributed by atoms with van der Waals surface area (Å²) in [5.41, 5.74) is 5.60. The third-order valence-electron chi connectivity index (χ3n) is 3.31. The molecule has 1 fully saturated rings. The van der Waals surface area contributed by atoms with Crippen LogP contribution in [0.3, 0.4) is 0 Å². The van der Waals surface area contributed by atoms with Gasteiger partial charge in [0.15, 0.2) is 5.82 Å². The molecule has 0 saturated heterocycles. The number of hydrogen-bond acceptors (Lipinski definition) is 3. The fourth-order valence-electron chi connectivity index (χ4n) is 2.17. The summed E-state index contributed by atoms with van der Waals surface area (Å²) in [6, 6.07) is 0. The molecule has 0 aromatic carbocycles. The quantitative estimate of drug-likeness (QED) is 0.797. The second kappa shape index (κ2) is 4.75. The van der Waals surface area contributed by atoms with Gasteiger partial charge in [0.1, 0.15) is 5.82 Å². The molecule has 1 aliphatic rings. The maximum Gasteiger partial charge on any atom is 0.154 e. The Labute approximate surface area is 90.7 Å². The maximum atomic E-state index is 5.60. The smallest absolute Gasteiger partial charge is 0.154 e. The number of nitrogens with zero attached hydrogens (tertiary/aromatic N) is 2. The molecule has 1 aliphatic carbocycles. The summed E-state index contributed by atoms with van der Waals surface area (Å²) in [6.45, 7) is 2.68. The number of nitrogens with one attached hydrogen (secondary N) is 1. The first-order valence-electron chi connectivity index (χ1n) is 5.93. The van der Waals surface area contributed by atoms with E-state index in [1.54, 1.807) is 0 Å². The van der Waals surface area contributed by atoms with Crippen molar-refractivity contribution >= 4 is 0 Å². The lowest BCUT2D eigenvalue weighted by Crippen LogP contribution is -2.11. The van der Waals surface area contributed by atoms with Crippen LogP contribution in [0.25, 0.3) is 0 Å². The lowest BCUT2D eigenvalue weighted by Gasteiger charge is -2.18. The van der Waals surface area contributed by atoms with Crippen molar-refractivity contribution in [3.8, 4) is 0 Å². The van der Waals surface area contributed by atoms with Gasteiger partial charge >= 0.3 is 0 Å². The van der Waals surface area contributed by atoms with Crippen LogP contribution in [0.4, 0.5) is 0 Å². The summed E-state index contributed by atoms with van der Waals surface area (Å²) in [5.74, 6) is 2.81. The molecule has 0 bridgehead atoms. The van der Waals surface area contributed by atoms with Gasteiger partial charge in [0.05, 0.1) is 0 Å². The minimum absolute atomic E-state index is 0.263. The summed E-state index contributed by atoms with van der Waals surface area (Å²) in [4.78, 5) is 4.56. The standard InChI is InChI=1S/C11H20N4/c1-8(7-12)10-13-11(15-14-10)9-5-3-2-4-6-9/h8-9H,2-7,12H2,1H3,(H,13,14,15). The van der Waals surface area contributed by atoms with Crippen LogP contribution in [-0.2, 0) is 0 Å². The van der Waals surface area contributed by atoms with Gasteiger partial charge in [-0.25, -0.2) is 4.98 Å². The SMILES string of the molecule is CC(CN)c1n[nH]c(C2CCCCC2)n1. The Balaban J connectivity index is 2.05. The van der Waals surface area contributed by atoms with Gasteiger partial charge in [-0.05, 0) is 12.8 Å². The van der Waals surface area contributed by atoms with E-state index >= 15 is 0 Å². The minimum atomic E-state index is 0.263. The number of H-pyrrole nitrogens is 1. The Bertz CT molecular complexity index is 301. The molecule has 1 aromatic heterocycles. The topological polar surface area (TPSA) is 67.6 Å². The molecule has 0 amide bonds. The van der Waals surface area contributed by atoms with Crippen molar-refractivity contribution in [3.05, 3.63) is 11.6 Å². The molecule has 3 N–H and O–H groups in total. The Morgan fingerprint density at radius 3 is 2.80 bits per heavy atom. The van der Waals surface area contributed by atoms with E-state index in [9.17, 15) is 0 Å². The molecule has 0 spiro atoms. The Morgan fingerprint density at radius 1 is 1.40 bits per heavy atom. The average molecular weight is 208 g/mol. The van der Waals surface area contributed by atoms with E-state index in [4.69, 9.17) is 5.73 Å². The summed E-state index contributed by atoms with van der Waals surface area (Å²) in [5, 5.41) is 7.32. The number of aromatic nitrogens is 3. The Hall–Kier alpha value is -0.900. The number of nitrogens with two attached hydrogens (primary N) is 1. The first-order valence-corrected chi connectivity index (χ1v) is 5.93. The van der Waals surface area contributed by atoms with Crippen LogP contribution in [0, 0.1) is 0 Å². The van der Waals surface area contributed by atoms with Crippen molar-refractivity contribution in [2.75, 3.05) is 6.54 Å². The molecule has 1 saturated carbocycles. The molecule has 4 nitrogen and oxygen atoms in total. The summed E-state index contributed by atoms with van der Waals surface area (Å²) in [6.07, 6.45) is 6.54. The van der Waals surface area contributed by atoms with Gasteiger partial charge in [-0.15, -0.1) is 0 Å². The minimum Gasteiger partial charge on any atom is -0.330 e. The van der Waals surface area contributed by atoms with E-state index in [2.05, 4.69) is 22.1 Å². The van der Waals surface area contributed by atoms with Crippen molar-refractivity contribution in [1.82, 2.24) is 15.2 Å². The Kier molecular flexibility index (Phi) is 3.36. The molecular formula is C11H20N4. The highest BCUT2D eigenvalue weighted by molar-refractivity contribution is 5.02. The second-order valence-electron chi connectivity index (χ2n) is 4.55. The van der Waals surface area contributed by atoms with Crippen LogP contribution in [0.15, 0.2) is 0 Å². The zero-order chi connectivity index (χ0) is 10.7. The van der Waals surface area contributed by atoms with E-state index in [-0.39, 0.29) is 5.92 Å². The van der Waals surface area contributed by atoms with E-state index < -0.39 is 0 Å². The van der Waals surface area contributed by atoms with Gasteiger partial charge in [0.2, 0.25) is 0 Å². The molecule has 1 atom stereocenters. The lowest BCUT2D eigenvalue weighted by atomic mass is 9.89. The van der Waals surface area contributed by atoms with Crippen LogP contribution in [0.2, 0.25) is 0 Å². The number of rotatable bonds is 3. The van der Waals surface area contributed by atoms with Crippen molar-refractivity contribution in [2.24, 2.45) is 5.73 Å². The zero-order valence-electron chi connectivity index (χ0n) is 9.37. The summed E-state index contributed by atoms with van der Waals surface area (Å²) < 4.78 is 0. The number of aromatic amines is 1. The molecule has 15 heavy (non-hydrogen) atoms. The fourth-order valence-corrected chi connectivity index (χ4v) is 2.17. The van der Waals surface area contributed by atoms with Crippen LogP contribution in [0.1, 0.15) is 62.5 Å². The third kappa shape index (κ3) is 2.37. The molecular weight excluding hydrogens is 188 g/mol. The first kappa shape index (κ1) is 10.6. The van der Waals surface area contributed by atoms with E-state index in [0.717, 1.165) is 11.6 Å². The van der Waals surface area contributed by atoms with Gasteiger partial charge in [0.25, 0.3) is 0 Å². The van der Waals surface area contributed by atoms with E-state index in [1.807, 2.05) is 0 Å². The van der Waals surface area contributed by atoms with Gasteiger partial charge < -0.3 is 5.73 Å². The van der Waals surface area contributed by atoms with Crippen molar-refractivity contribution in [1.29, 1.82) is 0 Å². The molecule has 1 unspecified atom stereocenters. The molecule has 2 rings (SSSR count). The zero-order valence-corrected chi connectivity index (χ0v) is 9.37. The highest BCUT2D eigenvalue weighted by atomic mass is 15.2. The van der Waals surface area contributed by atoms with Crippen LogP contribution in [0.5, 0.6) is 0 Å². The molecule has 4 heteroatoms. The van der Waals surface area contributed by atoms with Crippen LogP contribution >= 0.6 is 0 Å². The summed E-state index contributed by atoms with van der Waals surface area (Å²) in [7, 11) is 0. The predicted octanol–water partition coefficient (Wildman–Crippen LogP) is 1.91. The van der Waals surface area contributed by atoms with Gasteiger partial charge in [-0.3, -0.25) is 5.10 Å². The van der Waals surface area contributed by atoms with Crippen molar-refractivity contribution in [3.63, 3.8) is 0 Å². The first-order chi connectivity index (χ1) is 7.31. The number of hydrogen-bond donors (Lipinski definition) is 2. The van der Waals surface area contributed by atoms with Crippen LogP contribution < -0.4 is 5.73 Å². The van der Waals surface area contributed by atoms with Gasteiger partial charge in [0, 0.05) is 18.4 Å². The molecule has 1 heterocycles. The fraction of sp³-hybridized carbons (Fsp3) is 0.818. The normalized spacial score (nSPS) is 20.4. The van der Waals surface area contributed by atoms with Crippen molar-refractivity contribution in [2.45, 2.75) is 50.9 Å². The molecule has 1 aromatic rings. The monoisotopic (exact) mass is 208 g/mol. The van der Waals surface area contributed by atoms with Crippen LogP contribution in [-0.4, -0.2) is 21.7 Å². The molecule has 0 radical (unpaired) electrons. The van der Waals surface area contributed by atoms with E-state index in [0.29, 0.717) is 12.5 Å². The Morgan fingerprint density at radius 2 is 2.13 bits per heavy atom. The highest BCUT2D eigenvalue weighted by Crippen LogP contribution is 2.30.